The van der Waals surface area contributed by atoms with E-state index in [0.717, 1.165) is 0 Å². The lowest BCUT2D eigenvalue weighted by Gasteiger charge is -2.22. The first-order valence-corrected chi connectivity index (χ1v) is 7.30. The molecule has 0 spiro atoms. The van der Waals surface area contributed by atoms with Gasteiger partial charge in [-0.05, 0) is 10.8 Å². The number of rotatable bonds is 6. The molecule has 0 aromatic rings. The largest absolute Gasteiger partial charge is 0.465 e. The Kier molecular flexibility index (Phi) is 7.56. The number of carbonyl (C=O) groups excluding carboxylic acids is 3. The first kappa shape index (κ1) is 20.4. The van der Waals surface area contributed by atoms with Crippen LogP contribution in [-0.2, 0) is 28.6 Å². The summed E-state index contributed by atoms with van der Waals surface area (Å²) in [6, 6.07) is 0. The fraction of sp³-hybridized carbons (Fsp3) is 0.812. The summed E-state index contributed by atoms with van der Waals surface area (Å²) in [6.45, 7) is 13.0. The van der Waals surface area contributed by atoms with Crippen LogP contribution in [0.4, 0.5) is 0 Å². The molecule has 6 nitrogen and oxygen atoms in total. The molecule has 0 aliphatic heterocycles. The molecule has 0 aromatic heterocycles. The lowest BCUT2D eigenvalue weighted by atomic mass is 9.98. The highest BCUT2D eigenvalue weighted by Gasteiger charge is 2.29. The van der Waals surface area contributed by atoms with E-state index in [0.29, 0.717) is 0 Å². The van der Waals surface area contributed by atoms with Crippen LogP contribution in [0.25, 0.3) is 0 Å². The predicted molar refractivity (Wildman–Crippen MR) is 81.0 cm³/mol. The van der Waals surface area contributed by atoms with Gasteiger partial charge in [-0.1, -0.05) is 41.5 Å². The predicted octanol–water partition coefficient (Wildman–Crippen LogP) is 2.49. The van der Waals surface area contributed by atoms with Gasteiger partial charge in [0.2, 0.25) is 6.10 Å². The normalized spacial score (nSPS) is 13.2. The average Bonchev–Trinajstić information content (AvgIpc) is 2.30. The van der Waals surface area contributed by atoms with Gasteiger partial charge in [-0.15, -0.1) is 0 Å². The summed E-state index contributed by atoms with van der Waals surface area (Å²) in [4.78, 5) is 34.8. The van der Waals surface area contributed by atoms with Crippen LogP contribution in [0.3, 0.4) is 0 Å². The molecule has 0 saturated heterocycles. The van der Waals surface area contributed by atoms with Crippen molar-refractivity contribution in [2.75, 3.05) is 13.2 Å². The molecule has 128 valence electrons. The second-order valence-corrected chi connectivity index (χ2v) is 7.69. The molecule has 0 aromatic carbocycles. The molecule has 0 N–H and O–H groups in total. The van der Waals surface area contributed by atoms with Gasteiger partial charge in [-0.3, -0.25) is 9.59 Å². The molecule has 0 saturated carbocycles. The fourth-order valence-electron chi connectivity index (χ4n) is 1.26. The Morgan fingerprint density at radius 1 is 0.864 bits per heavy atom. The maximum Gasteiger partial charge on any atom is 0.348 e. The minimum absolute atomic E-state index is 0.167. The summed E-state index contributed by atoms with van der Waals surface area (Å²) in [5.74, 6) is -1.99. The lowest BCUT2D eigenvalue weighted by molar-refractivity contribution is -0.172. The molecule has 0 aliphatic carbocycles. The third-order valence-corrected chi connectivity index (χ3v) is 2.24. The highest BCUT2D eigenvalue weighted by molar-refractivity contribution is 5.84. The second-order valence-electron chi connectivity index (χ2n) is 7.69. The van der Waals surface area contributed by atoms with Crippen LogP contribution < -0.4 is 0 Å². The first-order valence-electron chi connectivity index (χ1n) is 7.30. The van der Waals surface area contributed by atoms with Crippen LogP contribution in [0.15, 0.2) is 0 Å². The standard InChI is InChI=1S/C16H28O6/c1-11(17)22-12(14(19)21-10-16(5,6)7)8-13(18)20-9-15(2,3)4/h12H,8-10H2,1-7H3/t12-/m1/s1. The van der Waals surface area contributed by atoms with Crippen molar-refractivity contribution in [3.05, 3.63) is 0 Å². The molecule has 6 heteroatoms. The van der Waals surface area contributed by atoms with Gasteiger partial charge in [0.15, 0.2) is 0 Å². The van der Waals surface area contributed by atoms with E-state index >= 15 is 0 Å². The van der Waals surface area contributed by atoms with Crippen LogP contribution in [0.1, 0.15) is 54.9 Å². The monoisotopic (exact) mass is 316 g/mol. The first-order chi connectivity index (χ1) is 9.80. The maximum absolute atomic E-state index is 12.0. The zero-order chi connectivity index (χ0) is 17.6. The molecule has 0 amide bonds. The summed E-state index contributed by atoms with van der Waals surface area (Å²) >= 11 is 0. The smallest absolute Gasteiger partial charge is 0.348 e. The van der Waals surface area contributed by atoms with Crippen molar-refractivity contribution in [1.29, 1.82) is 0 Å². The Morgan fingerprint density at radius 3 is 1.73 bits per heavy atom. The molecule has 0 unspecified atom stereocenters. The van der Waals surface area contributed by atoms with E-state index in [9.17, 15) is 14.4 Å². The Morgan fingerprint density at radius 2 is 1.32 bits per heavy atom. The maximum atomic E-state index is 12.0. The molecular formula is C16H28O6. The van der Waals surface area contributed by atoms with Crippen LogP contribution >= 0.6 is 0 Å². The highest BCUT2D eigenvalue weighted by Crippen LogP contribution is 2.16. The van der Waals surface area contributed by atoms with Gasteiger partial charge >= 0.3 is 17.9 Å². The molecular weight excluding hydrogens is 288 g/mol. The van der Waals surface area contributed by atoms with Gasteiger partial charge in [0.05, 0.1) is 19.6 Å². The molecule has 22 heavy (non-hydrogen) atoms. The van der Waals surface area contributed by atoms with Gasteiger partial charge in [0.1, 0.15) is 0 Å². The zero-order valence-corrected chi connectivity index (χ0v) is 14.6. The zero-order valence-electron chi connectivity index (χ0n) is 14.6. The second kappa shape index (κ2) is 8.15. The number of hydrogen-bond donors (Lipinski definition) is 0. The minimum atomic E-state index is -1.27. The van der Waals surface area contributed by atoms with Gasteiger partial charge in [-0.25, -0.2) is 4.79 Å². The topological polar surface area (TPSA) is 78.9 Å². The summed E-state index contributed by atoms with van der Waals surface area (Å²) in [7, 11) is 0. The van der Waals surface area contributed by atoms with Gasteiger partial charge in [0.25, 0.3) is 0 Å². The lowest BCUT2D eigenvalue weighted by Crippen LogP contribution is -2.34. The van der Waals surface area contributed by atoms with E-state index in [-0.39, 0.29) is 30.5 Å². The SMILES string of the molecule is CC(=O)O[C@H](CC(=O)OCC(C)(C)C)C(=O)OCC(C)(C)C. The van der Waals surface area contributed by atoms with Crippen molar-refractivity contribution >= 4 is 17.9 Å². The van der Waals surface area contributed by atoms with Gasteiger partial charge in [-0.2, -0.15) is 0 Å². The van der Waals surface area contributed by atoms with E-state index in [1.165, 1.54) is 6.92 Å². The van der Waals surface area contributed by atoms with Gasteiger partial charge in [0, 0.05) is 6.92 Å². The molecule has 0 fully saturated rings. The van der Waals surface area contributed by atoms with Crippen molar-refractivity contribution in [3.63, 3.8) is 0 Å². The molecule has 0 aliphatic rings. The fourth-order valence-corrected chi connectivity index (χ4v) is 1.26. The molecule has 0 bridgehead atoms. The molecule has 0 radical (unpaired) electrons. The number of hydrogen-bond acceptors (Lipinski definition) is 6. The van der Waals surface area contributed by atoms with Crippen LogP contribution in [0.2, 0.25) is 0 Å². The molecule has 0 rings (SSSR count). The highest BCUT2D eigenvalue weighted by atomic mass is 16.6. The molecule has 0 heterocycles. The van der Waals surface area contributed by atoms with Crippen molar-refractivity contribution in [1.82, 2.24) is 0 Å². The minimum Gasteiger partial charge on any atom is -0.465 e. The summed E-state index contributed by atoms with van der Waals surface area (Å²) in [5, 5.41) is 0. The van der Waals surface area contributed by atoms with E-state index in [2.05, 4.69) is 0 Å². The third kappa shape index (κ3) is 11.1. The summed E-state index contributed by atoms with van der Waals surface area (Å²) < 4.78 is 15.0. The van der Waals surface area contributed by atoms with E-state index in [1.54, 1.807) is 0 Å². The quantitative estimate of drug-likeness (QED) is 0.553. The van der Waals surface area contributed by atoms with Crippen LogP contribution in [0.5, 0.6) is 0 Å². The Balaban J connectivity index is 4.60. The summed E-state index contributed by atoms with van der Waals surface area (Å²) in [5.41, 5.74) is -0.400. The summed E-state index contributed by atoms with van der Waals surface area (Å²) in [6.07, 6.45) is -1.62. The van der Waals surface area contributed by atoms with Crippen molar-refractivity contribution in [3.8, 4) is 0 Å². The number of esters is 3. The van der Waals surface area contributed by atoms with Crippen LogP contribution in [0, 0.1) is 10.8 Å². The Bertz CT molecular complexity index is 400. The van der Waals surface area contributed by atoms with Crippen molar-refractivity contribution in [2.24, 2.45) is 10.8 Å². The van der Waals surface area contributed by atoms with E-state index < -0.39 is 24.0 Å². The van der Waals surface area contributed by atoms with Crippen molar-refractivity contribution in [2.45, 2.75) is 61.0 Å². The Hall–Kier alpha value is -1.59. The van der Waals surface area contributed by atoms with Crippen LogP contribution in [-0.4, -0.2) is 37.2 Å². The average molecular weight is 316 g/mol. The molecule has 1 atom stereocenters. The van der Waals surface area contributed by atoms with Gasteiger partial charge < -0.3 is 14.2 Å². The Labute approximate surface area is 132 Å². The van der Waals surface area contributed by atoms with E-state index in [1.807, 2.05) is 41.5 Å². The third-order valence-electron chi connectivity index (χ3n) is 2.24. The van der Waals surface area contributed by atoms with E-state index in [4.69, 9.17) is 14.2 Å². The number of carbonyl (C=O) groups is 3. The van der Waals surface area contributed by atoms with Crippen molar-refractivity contribution < 1.29 is 28.6 Å². The number of ether oxygens (including phenoxy) is 3.